The first kappa shape index (κ1) is 8.49. The predicted octanol–water partition coefficient (Wildman–Crippen LogP) is 2.83. The van der Waals surface area contributed by atoms with Crippen LogP contribution in [0, 0.1) is 18.3 Å². The monoisotopic (exact) mass is 188 g/mol. The van der Waals surface area contributed by atoms with Crippen molar-refractivity contribution in [3.8, 4) is 0 Å². The Kier molecular flexibility index (Phi) is 1.58. The molecule has 0 aromatic heterocycles. The number of rotatable bonds is 2. The van der Waals surface area contributed by atoms with E-state index in [2.05, 4.69) is 31.2 Å². The molecule has 0 bridgehead atoms. The van der Waals surface area contributed by atoms with Crippen molar-refractivity contribution in [3.63, 3.8) is 0 Å². The number of hydrogen-bond acceptors (Lipinski definition) is 1. The van der Waals surface area contributed by atoms with Gasteiger partial charge in [0.05, 0.1) is 6.10 Å². The number of aliphatic hydroxyl groups is 1. The van der Waals surface area contributed by atoms with Crippen LogP contribution in [0.15, 0.2) is 24.3 Å². The van der Waals surface area contributed by atoms with Gasteiger partial charge < -0.3 is 5.11 Å². The molecule has 1 N–H and O–H groups in total. The summed E-state index contributed by atoms with van der Waals surface area (Å²) in [7, 11) is 0. The van der Waals surface area contributed by atoms with E-state index in [4.69, 9.17) is 0 Å². The minimum atomic E-state index is -0.210. The molecule has 1 spiro atoms. The van der Waals surface area contributed by atoms with Crippen molar-refractivity contribution in [3.05, 3.63) is 35.4 Å². The normalized spacial score (nSPS) is 28.9. The zero-order chi connectivity index (χ0) is 9.76. The van der Waals surface area contributed by atoms with Crippen molar-refractivity contribution in [2.75, 3.05) is 0 Å². The molecule has 2 saturated carbocycles. The molecule has 74 valence electrons. The van der Waals surface area contributed by atoms with E-state index >= 15 is 0 Å². The van der Waals surface area contributed by atoms with Crippen LogP contribution in [0.4, 0.5) is 0 Å². The van der Waals surface area contributed by atoms with Crippen LogP contribution in [0.25, 0.3) is 0 Å². The van der Waals surface area contributed by atoms with Gasteiger partial charge in [0.25, 0.3) is 0 Å². The predicted molar refractivity (Wildman–Crippen MR) is 55.9 cm³/mol. The summed E-state index contributed by atoms with van der Waals surface area (Å²) in [6.07, 6.45) is 3.74. The topological polar surface area (TPSA) is 20.2 Å². The van der Waals surface area contributed by atoms with E-state index < -0.39 is 0 Å². The lowest BCUT2D eigenvalue weighted by atomic mass is 10.0. The third-order valence-electron chi connectivity index (χ3n) is 3.95. The third kappa shape index (κ3) is 1.19. The largest absolute Gasteiger partial charge is 0.388 e. The SMILES string of the molecule is Cc1ccc(C(O)C2CC23CC3)cc1. The lowest BCUT2D eigenvalue weighted by Crippen LogP contribution is -2.01. The molecule has 0 saturated heterocycles. The van der Waals surface area contributed by atoms with Crippen molar-refractivity contribution in [2.45, 2.75) is 32.3 Å². The number of benzene rings is 1. The maximum absolute atomic E-state index is 10.1. The van der Waals surface area contributed by atoms with Crippen LogP contribution < -0.4 is 0 Å². The van der Waals surface area contributed by atoms with Crippen molar-refractivity contribution in [1.82, 2.24) is 0 Å². The smallest absolute Gasteiger partial charge is 0.0823 e. The molecule has 14 heavy (non-hydrogen) atoms. The van der Waals surface area contributed by atoms with Gasteiger partial charge in [-0.25, -0.2) is 0 Å². The van der Waals surface area contributed by atoms with E-state index in [1.807, 2.05) is 0 Å². The first-order valence-corrected chi connectivity index (χ1v) is 5.46. The minimum Gasteiger partial charge on any atom is -0.388 e. The van der Waals surface area contributed by atoms with Crippen LogP contribution in [-0.4, -0.2) is 5.11 Å². The van der Waals surface area contributed by atoms with Crippen LogP contribution in [0.3, 0.4) is 0 Å². The van der Waals surface area contributed by atoms with Crippen LogP contribution in [0.5, 0.6) is 0 Å². The molecule has 1 aromatic carbocycles. The van der Waals surface area contributed by atoms with Gasteiger partial charge in [0, 0.05) is 0 Å². The molecule has 0 radical (unpaired) electrons. The van der Waals surface area contributed by atoms with Gasteiger partial charge in [-0.05, 0) is 43.1 Å². The van der Waals surface area contributed by atoms with E-state index in [1.54, 1.807) is 0 Å². The second-order valence-corrected chi connectivity index (χ2v) is 5.03. The third-order valence-corrected chi connectivity index (χ3v) is 3.95. The Morgan fingerprint density at radius 3 is 2.43 bits per heavy atom. The highest BCUT2D eigenvalue weighted by Crippen LogP contribution is 2.73. The first-order valence-electron chi connectivity index (χ1n) is 5.46. The fraction of sp³-hybridized carbons (Fsp3) is 0.538. The Bertz CT molecular complexity index is 348. The Morgan fingerprint density at radius 2 is 1.93 bits per heavy atom. The lowest BCUT2D eigenvalue weighted by Gasteiger charge is -2.10. The van der Waals surface area contributed by atoms with Gasteiger partial charge in [0.15, 0.2) is 0 Å². The van der Waals surface area contributed by atoms with Gasteiger partial charge in [-0.1, -0.05) is 29.8 Å². The summed E-state index contributed by atoms with van der Waals surface area (Å²) in [6.45, 7) is 2.08. The molecule has 2 unspecified atom stereocenters. The van der Waals surface area contributed by atoms with Crippen LogP contribution in [-0.2, 0) is 0 Å². The molecular weight excluding hydrogens is 172 g/mol. The number of hydrogen-bond donors (Lipinski definition) is 1. The van der Waals surface area contributed by atoms with Gasteiger partial charge in [0.2, 0.25) is 0 Å². The summed E-state index contributed by atoms with van der Waals surface area (Å²) in [5, 5.41) is 10.1. The molecule has 3 rings (SSSR count). The summed E-state index contributed by atoms with van der Waals surface area (Å²) in [6, 6.07) is 8.30. The Morgan fingerprint density at radius 1 is 1.29 bits per heavy atom. The molecule has 2 atom stereocenters. The van der Waals surface area contributed by atoms with E-state index in [9.17, 15) is 5.11 Å². The average Bonchev–Trinajstić information content (AvgIpc) is 3.08. The fourth-order valence-electron chi connectivity index (χ4n) is 2.56. The second-order valence-electron chi connectivity index (χ2n) is 5.03. The molecule has 2 fully saturated rings. The van der Waals surface area contributed by atoms with E-state index in [1.165, 1.54) is 24.8 Å². The molecule has 1 nitrogen and oxygen atoms in total. The number of aliphatic hydroxyl groups excluding tert-OH is 1. The summed E-state index contributed by atoms with van der Waals surface area (Å²) in [4.78, 5) is 0. The Hall–Kier alpha value is -0.820. The zero-order valence-corrected chi connectivity index (χ0v) is 8.53. The van der Waals surface area contributed by atoms with Crippen molar-refractivity contribution in [1.29, 1.82) is 0 Å². The van der Waals surface area contributed by atoms with Crippen LogP contribution >= 0.6 is 0 Å². The minimum absolute atomic E-state index is 0.210. The average molecular weight is 188 g/mol. The van der Waals surface area contributed by atoms with E-state index in [0.717, 1.165) is 5.56 Å². The summed E-state index contributed by atoms with van der Waals surface area (Å²) in [5.41, 5.74) is 2.95. The van der Waals surface area contributed by atoms with Gasteiger partial charge in [0.1, 0.15) is 0 Å². The standard InChI is InChI=1S/C13H16O/c1-9-2-4-10(5-3-9)12(14)11-8-13(11)6-7-13/h2-5,11-12,14H,6-8H2,1H3. The maximum atomic E-state index is 10.1. The highest BCUT2D eigenvalue weighted by molar-refractivity contribution is 5.27. The Labute approximate surface area is 84.8 Å². The molecule has 1 aromatic rings. The van der Waals surface area contributed by atoms with Gasteiger partial charge in [-0.2, -0.15) is 0 Å². The van der Waals surface area contributed by atoms with Crippen molar-refractivity contribution < 1.29 is 5.11 Å². The Balaban J connectivity index is 1.78. The fourth-order valence-corrected chi connectivity index (χ4v) is 2.56. The first-order chi connectivity index (χ1) is 6.71. The van der Waals surface area contributed by atoms with Crippen LogP contribution in [0.2, 0.25) is 0 Å². The highest BCUT2D eigenvalue weighted by atomic mass is 16.3. The molecule has 2 aliphatic rings. The summed E-state index contributed by atoms with van der Waals surface area (Å²) < 4.78 is 0. The molecular formula is C13H16O. The van der Waals surface area contributed by atoms with Gasteiger partial charge >= 0.3 is 0 Å². The van der Waals surface area contributed by atoms with E-state index in [-0.39, 0.29) is 6.10 Å². The zero-order valence-electron chi connectivity index (χ0n) is 8.53. The second kappa shape index (κ2) is 2.60. The molecule has 2 aliphatic carbocycles. The molecule has 1 heteroatoms. The van der Waals surface area contributed by atoms with E-state index in [0.29, 0.717) is 11.3 Å². The quantitative estimate of drug-likeness (QED) is 0.756. The summed E-state index contributed by atoms with van der Waals surface area (Å²) in [5.74, 6) is 0.560. The van der Waals surface area contributed by atoms with Crippen molar-refractivity contribution >= 4 is 0 Å². The molecule has 0 heterocycles. The summed E-state index contributed by atoms with van der Waals surface area (Å²) >= 11 is 0. The van der Waals surface area contributed by atoms with Crippen molar-refractivity contribution in [2.24, 2.45) is 11.3 Å². The van der Waals surface area contributed by atoms with Gasteiger partial charge in [-0.3, -0.25) is 0 Å². The highest BCUT2D eigenvalue weighted by Gasteiger charge is 2.64. The lowest BCUT2D eigenvalue weighted by molar-refractivity contribution is 0.145. The maximum Gasteiger partial charge on any atom is 0.0823 e. The molecule has 0 aliphatic heterocycles. The molecule has 0 amide bonds. The van der Waals surface area contributed by atoms with Gasteiger partial charge in [-0.15, -0.1) is 0 Å². The van der Waals surface area contributed by atoms with Crippen LogP contribution in [0.1, 0.15) is 36.5 Å². The number of aryl methyl sites for hydroxylation is 1.